The molecular weight excluding hydrogens is 478 g/mol. The number of hydrogen-bond donors (Lipinski definition) is 4. The van der Waals surface area contributed by atoms with E-state index in [4.69, 9.17) is 10.6 Å². The van der Waals surface area contributed by atoms with Crippen LogP contribution in [0.5, 0.6) is 0 Å². The molecule has 5 N–H and O–H groups in total. The maximum atomic E-state index is 13.3. The molecule has 6 nitrogen and oxygen atoms in total. The summed E-state index contributed by atoms with van der Waals surface area (Å²) >= 11 is 0. The highest BCUT2D eigenvalue weighted by atomic mass is 19.4. The van der Waals surface area contributed by atoms with Crippen molar-refractivity contribution in [3.05, 3.63) is 59.2 Å². The van der Waals surface area contributed by atoms with Gasteiger partial charge < -0.3 is 15.4 Å². The van der Waals surface area contributed by atoms with Crippen LogP contribution < -0.4 is 21.9 Å². The van der Waals surface area contributed by atoms with Gasteiger partial charge in [-0.25, -0.2) is 10.6 Å². The highest BCUT2D eigenvalue weighted by molar-refractivity contribution is 5.73. The number of hydrogen-bond acceptors (Lipinski definition) is 4. The molecule has 0 aromatic heterocycles. The quantitative estimate of drug-likeness (QED) is 0.202. The molecule has 1 aromatic rings. The molecule has 1 aliphatic heterocycles. The van der Waals surface area contributed by atoms with E-state index in [0.717, 1.165) is 11.6 Å². The third kappa shape index (κ3) is 6.77. The van der Waals surface area contributed by atoms with Gasteiger partial charge in [0.05, 0.1) is 29.7 Å². The van der Waals surface area contributed by atoms with Crippen LogP contribution in [0.15, 0.2) is 53.6 Å². The zero-order valence-electron chi connectivity index (χ0n) is 19.0. The Hall–Kier alpha value is -2.57. The molecule has 194 valence electrons. The number of alkyl halides is 6. The lowest BCUT2D eigenvalue weighted by Gasteiger charge is -2.42. The lowest BCUT2D eigenvalue weighted by Crippen LogP contribution is -2.58. The van der Waals surface area contributed by atoms with Crippen molar-refractivity contribution >= 4 is 6.03 Å². The predicted molar refractivity (Wildman–Crippen MR) is 117 cm³/mol. The second kappa shape index (κ2) is 10.6. The maximum absolute atomic E-state index is 13.3. The van der Waals surface area contributed by atoms with Crippen molar-refractivity contribution in [3.63, 3.8) is 0 Å². The number of carbonyl (C=O) groups excluding carboxylic acids is 1. The molecule has 2 amide bonds. The molecule has 0 bridgehead atoms. The number of piperidine rings is 1. The van der Waals surface area contributed by atoms with Crippen molar-refractivity contribution in [3.8, 4) is 0 Å². The third-order valence-corrected chi connectivity index (χ3v) is 6.43. The Morgan fingerprint density at radius 3 is 2.46 bits per heavy atom. The predicted octanol–water partition coefficient (Wildman–Crippen LogP) is 4.21. The van der Waals surface area contributed by atoms with Gasteiger partial charge in [0.25, 0.3) is 0 Å². The van der Waals surface area contributed by atoms with Crippen LogP contribution in [0, 0.1) is 5.92 Å². The van der Waals surface area contributed by atoms with E-state index in [2.05, 4.69) is 10.6 Å². The second-order valence-electron chi connectivity index (χ2n) is 8.83. The highest BCUT2D eigenvalue weighted by Crippen LogP contribution is 2.42. The molecule has 1 saturated heterocycles. The Morgan fingerprint density at radius 1 is 1.23 bits per heavy atom. The molecular formula is C23H28F6N4O2. The van der Waals surface area contributed by atoms with Gasteiger partial charge in [-0.05, 0) is 43.4 Å². The average molecular weight is 506 g/mol. The molecule has 35 heavy (non-hydrogen) atoms. The Kier molecular flexibility index (Phi) is 8.17. The number of nitrogens with one attached hydrogen (secondary N) is 3. The summed E-state index contributed by atoms with van der Waals surface area (Å²) in [6.45, 7) is 1.82. The van der Waals surface area contributed by atoms with E-state index in [-0.39, 0.29) is 24.3 Å². The standard InChI is InChI=1S/C23H28F6N4O2/c1-14(15-9-17(22(24,25)26)11-18(10-15)23(27,28)29)35-13-21(16-5-3-2-4-6-16)8-7-19(12-31-21)32-20(34)33-30/h2-6,9,11,14,18-19,31H,7-8,10,12-13,30H2,1H3,(H2,32,33,34)/t14-,18?,19?,21-/m1/s1. The van der Waals surface area contributed by atoms with E-state index in [0.29, 0.717) is 19.4 Å². The number of benzene rings is 1. The summed E-state index contributed by atoms with van der Waals surface area (Å²) in [6.07, 6.45) is -9.25. The largest absolute Gasteiger partial charge is 0.416 e. The maximum Gasteiger partial charge on any atom is 0.416 e. The van der Waals surface area contributed by atoms with Crippen LogP contribution >= 0.6 is 0 Å². The summed E-state index contributed by atoms with van der Waals surface area (Å²) < 4.78 is 85.7. The number of rotatable bonds is 6. The lowest BCUT2D eigenvalue weighted by atomic mass is 9.81. The van der Waals surface area contributed by atoms with Crippen LogP contribution in [0.2, 0.25) is 0 Å². The molecule has 0 spiro atoms. The molecule has 1 aromatic carbocycles. The molecule has 1 aliphatic carbocycles. The summed E-state index contributed by atoms with van der Waals surface area (Å²) in [4.78, 5) is 11.5. The molecule has 2 aliphatic rings. The van der Waals surface area contributed by atoms with Gasteiger partial charge >= 0.3 is 18.4 Å². The van der Waals surface area contributed by atoms with Gasteiger partial charge in [0, 0.05) is 12.6 Å². The number of halogens is 6. The van der Waals surface area contributed by atoms with Crippen molar-refractivity contribution in [1.29, 1.82) is 0 Å². The summed E-state index contributed by atoms with van der Waals surface area (Å²) in [6, 6.07) is 8.45. The Balaban J connectivity index is 1.77. The Labute approximate surface area is 198 Å². The Bertz CT molecular complexity index is 938. The molecule has 3 rings (SSSR count). The molecule has 0 radical (unpaired) electrons. The van der Waals surface area contributed by atoms with E-state index >= 15 is 0 Å². The average Bonchev–Trinajstić information content (AvgIpc) is 2.82. The minimum absolute atomic E-state index is 0.00702. The van der Waals surface area contributed by atoms with E-state index in [1.165, 1.54) is 6.92 Å². The van der Waals surface area contributed by atoms with Crippen LogP contribution in [0.25, 0.3) is 0 Å². The summed E-state index contributed by atoms with van der Waals surface area (Å²) in [5.74, 6) is 2.87. The van der Waals surface area contributed by atoms with Gasteiger partial charge in [0.2, 0.25) is 0 Å². The highest BCUT2D eigenvalue weighted by Gasteiger charge is 2.45. The van der Waals surface area contributed by atoms with Crippen LogP contribution in [0.4, 0.5) is 31.1 Å². The van der Waals surface area contributed by atoms with Gasteiger partial charge in [-0.2, -0.15) is 26.3 Å². The SMILES string of the molecule is C[C@@H](OC[C@@]1(c2ccccc2)CCC(NC(=O)NN)CN1)C1=CC(C(F)(F)F)=CC(C(F)(F)F)C1. The zero-order chi connectivity index (χ0) is 25.9. The van der Waals surface area contributed by atoms with E-state index in [1.54, 1.807) is 0 Å². The number of hydrazine groups is 1. The van der Waals surface area contributed by atoms with Crippen LogP contribution in [-0.2, 0) is 10.3 Å². The van der Waals surface area contributed by atoms with Crippen LogP contribution in [0.3, 0.4) is 0 Å². The van der Waals surface area contributed by atoms with Crippen molar-refractivity contribution in [1.82, 2.24) is 16.1 Å². The second-order valence-corrected chi connectivity index (χ2v) is 8.83. The first-order valence-electron chi connectivity index (χ1n) is 11.1. The first-order valence-corrected chi connectivity index (χ1v) is 11.1. The smallest absolute Gasteiger partial charge is 0.372 e. The fraction of sp³-hybridized carbons (Fsp3) is 0.522. The monoisotopic (exact) mass is 506 g/mol. The van der Waals surface area contributed by atoms with Gasteiger partial charge in [0.15, 0.2) is 0 Å². The van der Waals surface area contributed by atoms with Crippen molar-refractivity contribution in [2.75, 3.05) is 13.2 Å². The minimum Gasteiger partial charge on any atom is -0.372 e. The summed E-state index contributed by atoms with van der Waals surface area (Å²) in [7, 11) is 0. The molecule has 4 atom stereocenters. The van der Waals surface area contributed by atoms with Gasteiger partial charge in [-0.3, -0.25) is 5.43 Å². The first kappa shape index (κ1) is 27.0. The minimum atomic E-state index is -4.90. The van der Waals surface area contributed by atoms with Crippen LogP contribution in [0.1, 0.15) is 31.7 Å². The number of allylic oxidation sites excluding steroid dienone is 3. The third-order valence-electron chi connectivity index (χ3n) is 6.43. The van der Waals surface area contributed by atoms with E-state index < -0.39 is 47.9 Å². The molecule has 1 heterocycles. The topological polar surface area (TPSA) is 88.4 Å². The number of carbonyl (C=O) groups is 1. The van der Waals surface area contributed by atoms with Gasteiger partial charge in [-0.15, -0.1) is 0 Å². The Morgan fingerprint density at radius 2 is 1.91 bits per heavy atom. The number of amides is 2. The molecule has 2 unspecified atom stereocenters. The fourth-order valence-electron chi connectivity index (χ4n) is 4.37. The zero-order valence-corrected chi connectivity index (χ0v) is 19.0. The summed E-state index contributed by atoms with van der Waals surface area (Å²) in [5, 5.41) is 6.06. The number of ether oxygens (including phenoxy) is 1. The number of nitrogens with two attached hydrogens (primary N) is 1. The van der Waals surface area contributed by atoms with E-state index in [1.807, 2.05) is 35.8 Å². The fourth-order valence-corrected chi connectivity index (χ4v) is 4.37. The van der Waals surface area contributed by atoms with Gasteiger partial charge in [0.1, 0.15) is 0 Å². The normalized spacial score (nSPS) is 26.4. The van der Waals surface area contributed by atoms with Crippen molar-refractivity contribution < 1.29 is 35.9 Å². The summed E-state index contributed by atoms with van der Waals surface area (Å²) in [5.41, 5.74) is 0.720. The first-order chi connectivity index (χ1) is 16.3. The van der Waals surface area contributed by atoms with Crippen molar-refractivity contribution in [2.24, 2.45) is 11.8 Å². The molecule has 0 saturated carbocycles. The number of urea groups is 1. The lowest BCUT2D eigenvalue weighted by molar-refractivity contribution is -0.163. The van der Waals surface area contributed by atoms with E-state index in [9.17, 15) is 31.1 Å². The molecule has 12 heteroatoms. The van der Waals surface area contributed by atoms with Gasteiger partial charge in [-0.1, -0.05) is 36.4 Å². The van der Waals surface area contributed by atoms with Crippen LogP contribution in [-0.4, -0.2) is 43.7 Å². The molecule has 1 fully saturated rings. The van der Waals surface area contributed by atoms with Crippen molar-refractivity contribution in [2.45, 2.75) is 56.2 Å².